The van der Waals surface area contributed by atoms with Crippen molar-refractivity contribution in [1.29, 1.82) is 0 Å². The van der Waals surface area contributed by atoms with E-state index in [0.717, 1.165) is 23.7 Å². The van der Waals surface area contributed by atoms with Crippen molar-refractivity contribution in [3.8, 4) is 0 Å². The Morgan fingerprint density at radius 1 is 1.27 bits per heavy atom. The second kappa shape index (κ2) is 6.04. The van der Waals surface area contributed by atoms with E-state index in [0.29, 0.717) is 19.0 Å². The van der Waals surface area contributed by atoms with E-state index in [4.69, 9.17) is 13.6 Å². The summed E-state index contributed by atoms with van der Waals surface area (Å²) in [5.74, 6) is 0.695. The molecule has 0 heterocycles. The number of hydrogen-bond acceptors (Lipinski definition) is 4. The van der Waals surface area contributed by atoms with Gasteiger partial charge in [-0.25, -0.2) is 4.57 Å². The summed E-state index contributed by atoms with van der Waals surface area (Å²) in [6.45, 7) is 4.13. The number of phosphoric ester groups is 1. The predicted molar refractivity (Wildman–Crippen MR) is 61.7 cm³/mol. The zero-order valence-electron chi connectivity index (χ0n) is 8.99. The van der Waals surface area contributed by atoms with E-state index in [1.165, 1.54) is 0 Å². The molecule has 0 aromatic heterocycles. The molecule has 6 heteroatoms. The number of halogens is 1. The molecule has 0 unspecified atom stereocenters. The monoisotopic (exact) mass is 298 g/mol. The number of allylic oxidation sites excluding steroid dienone is 2. The molecule has 1 rings (SSSR count). The minimum atomic E-state index is -3.39. The molecule has 0 fully saturated rings. The lowest BCUT2D eigenvalue weighted by Gasteiger charge is -2.17. The molecular weight excluding hydrogens is 283 g/mol. The number of phosphoric acid groups is 1. The van der Waals surface area contributed by atoms with E-state index in [1.807, 2.05) is 0 Å². The van der Waals surface area contributed by atoms with E-state index < -0.39 is 7.82 Å². The summed E-state index contributed by atoms with van der Waals surface area (Å²) in [5, 5.41) is 0. The molecule has 88 valence electrons. The lowest BCUT2D eigenvalue weighted by atomic mass is 10.4. The van der Waals surface area contributed by atoms with Gasteiger partial charge in [0.05, 0.1) is 13.2 Å². The molecule has 0 aliphatic heterocycles. The molecule has 0 saturated carbocycles. The summed E-state index contributed by atoms with van der Waals surface area (Å²) >= 11 is 3.38. The Morgan fingerprint density at radius 2 is 1.87 bits per heavy atom. The Balaban J connectivity index is 2.66. The average molecular weight is 299 g/mol. The summed E-state index contributed by atoms with van der Waals surface area (Å²) in [6, 6.07) is 0. The van der Waals surface area contributed by atoms with Gasteiger partial charge in [-0.1, -0.05) is 15.9 Å². The van der Waals surface area contributed by atoms with Gasteiger partial charge in [0.1, 0.15) is 5.76 Å². The van der Waals surface area contributed by atoms with Crippen molar-refractivity contribution in [1.82, 2.24) is 0 Å². The first-order chi connectivity index (χ1) is 7.11. The van der Waals surface area contributed by atoms with Gasteiger partial charge < -0.3 is 4.52 Å². The van der Waals surface area contributed by atoms with Crippen LogP contribution >= 0.6 is 23.8 Å². The summed E-state index contributed by atoms with van der Waals surface area (Å²) in [6.07, 6.45) is 2.71. The first kappa shape index (κ1) is 13.2. The standard InChI is InChI=1S/C9H16BrO4P/c1-3-12-15(11,13-4-2)14-9-7-5-6-8(9)10/h3-7H2,1-2H3. The van der Waals surface area contributed by atoms with Gasteiger partial charge in [0.2, 0.25) is 0 Å². The smallest absolute Gasteiger partial charge is 0.408 e. The van der Waals surface area contributed by atoms with Crippen molar-refractivity contribution in [3.63, 3.8) is 0 Å². The fraction of sp³-hybridized carbons (Fsp3) is 0.778. The maximum atomic E-state index is 12.0. The third kappa shape index (κ3) is 3.91. The van der Waals surface area contributed by atoms with E-state index in [2.05, 4.69) is 15.9 Å². The summed E-state index contributed by atoms with van der Waals surface area (Å²) in [5.41, 5.74) is 0. The number of rotatable bonds is 6. The second-order valence-electron chi connectivity index (χ2n) is 3.06. The van der Waals surface area contributed by atoms with Gasteiger partial charge in [-0.3, -0.25) is 9.05 Å². The Bertz CT molecular complexity index is 280. The van der Waals surface area contributed by atoms with E-state index in [1.54, 1.807) is 13.8 Å². The van der Waals surface area contributed by atoms with Crippen LogP contribution in [0.15, 0.2) is 10.2 Å². The minimum Gasteiger partial charge on any atom is -0.408 e. The average Bonchev–Trinajstić information content (AvgIpc) is 2.52. The van der Waals surface area contributed by atoms with Crippen LogP contribution in [0.4, 0.5) is 0 Å². The molecule has 0 saturated heterocycles. The lowest BCUT2D eigenvalue weighted by molar-refractivity contribution is 0.144. The first-order valence-corrected chi connectivity index (χ1v) is 7.33. The fourth-order valence-electron chi connectivity index (χ4n) is 1.32. The van der Waals surface area contributed by atoms with Crippen LogP contribution in [0.5, 0.6) is 0 Å². The second-order valence-corrected chi connectivity index (χ2v) is 5.61. The van der Waals surface area contributed by atoms with E-state index in [9.17, 15) is 4.57 Å². The molecule has 1 aliphatic carbocycles. The van der Waals surface area contributed by atoms with Gasteiger partial charge in [0.15, 0.2) is 0 Å². The van der Waals surface area contributed by atoms with Crippen LogP contribution in [-0.2, 0) is 18.1 Å². The Hall–Kier alpha value is 0.170. The van der Waals surface area contributed by atoms with Gasteiger partial charge in [-0.05, 0) is 26.7 Å². The molecule has 0 aromatic carbocycles. The van der Waals surface area contributed by atoms with Crippen molar-refractivity contribution < 1.29 is 18.1 Å². The minimum absolute atomic E-state index is 0.308. The summed E-state index contributed by atoms with van der Waals surface area (Å²) < 4.78 is 28.4. The molecule has 15 heavy (non-hydrogen) atoms. The van der Waals surface area contributed by atoms with Crippen molar-refractivity contribution >= 4 is 23.8 Å². The Labute approximate surface area is 98.7 Å². The third-order valence-electron chi connectivity index (χ3n) is 1.90. The topological polar surface area (TPSA) is 44.8 Å². The highest BCUT2D eigenvalue weighted by molar-refractivity contribution is 9.11. The van der Waals surface area contributed by atoms with Gasteiger partial charge in [-0.2, -0.15) is 0 Å². The zero-order valence-corrected chi connectivity index (χ0v) is 11.5. The van der Waals surface area contributed by atoms with Crippen LogP contribution in [-0.4, -0.2) is 13.2 Å². The SMILES string of the molecule is CCOP(=O)(OCC)OC1=C(Br)CCC1. The Kier molecular flexibility index (Phi) is 5.33. The molecule has 0 aromatic rings. The third-order valence-corrected chi connectivity index (χ3v) is 4.33. The fourth-order valence-corrected chi connectivity index (χ4v) is 3.28. The predicted octanol–water partition coefficient (Wildman–Crippen LogP) is 3.97. The maximum Gasteiger partial charge on any atom is 0.529 e. The lowest BCUT2D eigenvalue weighted by Crippen LogP contribution is -1.99. The van der Waals surface area contributed by atoms with E-state index in [-0.39, 0.29) is 0 Å². The van der Waals surface area contributed by atoms with Crippen LogP contribution in [0.3, 0.4) is 0 Å². The van der Waals surface area contributed by atoms with Crippen LogP contribution in [0, 0.1) is 0 Å². The summed E-state index contributed by atoms with van der Waals surface area (Å²) in [7, 11) is -3.39. The Morgan fingerprint density at radius 3 is 2.27 bits per heavy atom. The highest BCUT2D eigenvalue weighted by Crippen LogP contribution is 2.53. The highest BCUT2D eigenvalue weighted by atomic mass is 79.9. The molecular formula is C9H16BrO4P. The molecule has 0 radical (unpaired) electrons. The molecule has 0 bridgehead atoms. The van der Waals surface area contributed by atoms with Crippen molar-refractivity contribution in [2.75, 3.05) is 13.2 Å². The summed E-state index contributed by atoms with van der Waals surface area (Å²) in [4.78, 5) is 0. The molecule has 4 nitrogen and oxygen atoms in total. The molecule has 0 atom stereocenters. The van der Waals surface area contributed by atoms with Crippen molar-refractivity contribution in [2.45, 2.75) is 33.1 Å². The van der Waals surface area contributed by atoms with Crippen molar-refractivity contribution in [2.24, 2.45) is 0 Å². The number of hydrogen-bond donors (Lipinski definition) is 0. The van der Waals surface area contributed by atoms with Crippen LogP contribution in [0.2, 0.25) is 0 Å². The van der Waals surface area contributed by atoms with Gasteiger partial charge in [-0.15, -0.1) is 0 Å². The zero-order chi connectivity index (χ0) is 11.3. The molecule has 0 amide bonds. The molecule has 0 N–H and O–H groups in total. The first-order valence-electron chi connectivity index (χ1n) is 5.07. The molecule has 1 aliphatic rings. The van der Waals surface area contributed by atoms with Crippen LogP contribution in [0.1, 0.15) is 33.1 Å². The van der Waals surface area contributed by atoms with Crippen LogP contribution in [0.25, 0.3) is 0 Å². The molecule has 0 spiro atoms. The van der Waals surface area contributed by atoms with E-state index >= 15 is 0 Å². The maximum absolute atomic E-state index is 12.0. The highest BCUT2D eigenvalue weighted by Gasteiger charge is 2.30. The normalized spacial score (nSPS) is 17.3. The van der Waals surface area contributed by atoms with Gasteiger partial charge >= 0.3 is 7.82 Å². The van der Waals surface area contributed by atoms with Gasteiger partial charge in [0, 0.05) is 10.9 Å². The van der Waals surface area contributed by atoms with Crippen LogP contribution < -0.4 is 0 Å². The largest absolute Gasteiger partial charge is 0.529 e. The van der Waals surface area contributed by atoms with Gasteiger partial charge in [0.25, 0.3) is 0 Å². The van der Waals surface area contributed by atoms with Crippen molar-refractivity contribution in [3.05, 3.63) is 10.2 Å². The quantitative estimate of drug-likeness (QED) is 0.696.